The molecule has 24 heavy (non-hydrogen) atoms. The third kappa shape index (κ3) is 3.66. The van der Waals surface area contributed by atoms with Gasteiger partial charge in [0, 0.05) is 36.0 Å². The van der Waals surface area contributed by atoms with Crippen molar-refractivity contribution < 1.29 is 4.79 Å². The summed E-state index contributed by atoms with van der Waals surface area (Å²) in [6.45, 7) is 8.26. The topological polar surface area (TPSA) is 45.2 Å². The Kier molecular flexibility index (Phi) is 5.29. The van der Waals surface area contributed by atoms with Crippen LogP contribution in [-0.4, -0.2) is 41.5 Å². The summed E-state index contributed by atoms with van der Waals surface area (Å²) in [5.74, 6) is 3.53. The van der Waals surface area contributed by atoms with Crippen molar-refractivity contribution in [2.24, 2.45) is 5.92 Å². The Balaban J connectivity index is 1.99. The molecule has 1 aromatic carbocycles. The van der Waals surface area contributed by atoms with Crippen LogP contribution in [0.5, 0.6) is 0 Å². The molecule has 4 nitrogen and oxygen atoms in total. The van der Waals surface area contributed by atoms with Crippen LogP contribution in [0.4, 0.5) is 5.82 Å². The third-order valence-electron chi connectivity index (χ3n) is 4.64. The second kappa shape index (κ2) is 7.43. The van der Waals surface area contributed by atoms with Crippen molar-refractivity contribution in [3.63, 3.8) is 0 Å². The summed E-state index contributed by atoms with van der Waals surface area (Å²) < 4.78 is 0. The number of carbonyl (C=O) groups is 1. The summed E-state index contributed by atoms with van der Waals surface area (Å²) in [5.41, 5.74) is 1.61. The number of thioether (sulfide) groups is 1. The fourth-order valence-corrected chi connectivity index (χ4v) is 3.66. The standard InChI is InChI=1S/C19H25N3OS/c1-13(2)14(3)20-19(23)16-12-18(22-8-10-24-11-9-22)21-17-7-5-4-6-15(16)17/h4-7,12-14H,8-11H2,1-3H3,(H,20,23)/t14-/m1/s1. The molecule has 1 atom stereocenters. The summed E-state index contributed by atoms with van der Waals surface area (Å²) in [7, 11) is 0. The Morgan fingerprint density at radius 1 is 1.21 bits per heavy atom. The first-order chi connectivity index (χ1) is 11.6. The Labute approximate surface area is 148 Å². The lowest BCUT2D eigenvalue weighted by molar-refractivity contribution is 0.0932. The van der Waals surface area contributed by atoms with E-state index in [0.717, 1.165) is 46.9 Å². The van der Waals surface area contributed by atoms with Crippen LogP contribution in [0.3, 0.4) is 0 Å². The Morgan fingerprint density at radius 2 is 1.92 bits per heavy atom. The Morgan fingerprint density at radius 3 is 2.62 bits per heavy atom. The fraction of sp³-hybridized carbons (Fsp3) is 0.474. The average Bonchev–Trinajstić information content (AvgIpc) is 2.61. The van der Waals surface area contributed by atoms with E-state index in [1.807, 2.05) is 42.1 Å². The van der Waals surface area contributed by atoms with Gasteiger partial charge in [-0.1, -0.05) is 32.0 Å². The summed E-state index contributed by atoms with van der Waals surface area (Å²) in [6, 6.07) is 10.0. The van der Waals surface area contributed by atoms with Crippen molar-refractivity contribution in [1.29, 1.82) is 0 Å². The summed E-state index contributed by atoms with van der Waals surface area (Å²) in [5, 5.41) is 4.05. The van der Waals surface area contributed by atoms with Crippen molar-refractivity contribution >= 4 is 34.4 Å². The number of carbonyl (C=O) groups excluding carboxylic acids is 1. The molecule has 1 N–H and O–H groups in total. The highest BCUT2D eigenvalue weighted by Gasteiger charge is 2.19. The van der Waals surface area contributed by atoms with E-state index in [1.54, 1.807) is 0 Å². The lowest BCUT2D eigenvalue weighted by Gasteiger charge is -2.28. The highest BCUT2D eigenvalue weighted by Crippen LogP contribution is 2.25. The first kappa shape index (κ1) is 17.1. The fourth-order valence-electron chi connectivity index (χ4n) is 2.75. The molecule has 0 bridgehead atoms. The minimum atomic E-state index is -0.0116. The van der Waals surface area contributed by atoms with Crippen molar-refractivity contribution in [2.45, 2.75) is 26.8 Å². The number of anilines is 1. The van der Waals surface area contributed by atoms with Crippen LogP contribution in [0.15, 0.2) is 30.3 Å². The normalized spacial score (nSPS) is 16.4. The van der Waals surface area contributed by atoms with Gasteiger partial charge in [0.15, 0.2) is 0 Å². The van der Waals surface area contributed by atoms with Gasteiger partial charge in [0.2, 0.25) is 0 Å². The number of aromatic nitrogens is 1. The molecule has 1 aromatic heterocycles. The SMILES string of the molecule is CC(C)[C@@H](C)NC(=O)c1cc(N2CCSCC2)nc2ccccc12. The number of rotatable bonds is 4. The predicted octanol–water partition coefficient (Wildman–Crippen LogP) is 3.56. The highest BCUT2D eigenvalue weighted by atomic mass is 32.2. The van der Waals surface area contributed by atoms with Crippen molar-refractivity contribution in [3.05, 3.63) is 35.9 Å². The van der Waals surface area contributed by atoms with E-state index in [0.29, 0.717) is 5.92 Å². The zero-order valence-corrected chi connectivity index (χ0v) is 15.4. The van der Waals surface area contributed by atoms with Crippen LogP contribution < -0.4 is 10.2 Å². The van der Waals surface area contributed by atoms with Gasteiger partial charge < -0.3 is 10.2 Å². The molecule has 1 amide bonds. The lowest BCUT2D eigenvalue weighted by atomic mass is 10.0. The average molecular weight is 343 g/mol. The smallest absolute Gasteiger partial charge is 0.252 e. The quantitative estimate of drug-likeness (QED) is 0.922. The number of para-hydroxylation sites is 1. The molecule has 2 aromatic rings. The number of benzene rings is 1. The van der Waals surface area contributed by atoms with Gasteiger partial charge >= 0.3 is 0 Å². The van der Waals surface area contributed by atoms with Gasteiger partial charge in [0.1, 0.15) is 5.82 Å². The molecule has 0 aliphatic carbocycles. The minimum absolute atomic E-state index is 0.0116. The largest absolute Gasteiger partial charge is 0.355 e. The monoisotopic (exact) mass is 343 g/mol. The zero-order chi connectivity index (χ0) is 17.1. The maximum Gasteiger partial charge on any atom is 0.252 e. The number of fused-ring (bicyclic) bond motifs is 1. The third-order valence-corrected chi connectivity index (χ3v) is 5.58. The molecule has 0 unspecified atom stereocenters. The van der Waals surface area contributed by atoms with Crippen LogP contribution >= 0.6 is 11.8 Å². The van der Waals surface area contributed by atoms with Crippen LogP contribution in [0.2, 0.25) is 0 Å². The predicted molar refractivity (Wildman–Crippen MR) is 103 cm³/mol. The summed E-state index contributed by atoms with van der Waals surface area (Å²) in [6.07, 6.45) is 0. The van der Waals surface area contributed by atoms with Gasteiger partial charge in [0.25, 0.3) is 5.91 Å². The molecule has 3 rings (SSSR count). The van der Waals surface area contributed by atoms with Crippen molar-refractivity contribution in [2.75, 3.05) is 29.5 Å². The van der Waals surface area contributed by atoms with E-state index in [9.17, 15) is 4.79 Å². The molecule has 1 aliphatic rings. The van der Waals surface area contributed by atoms with Gasteiger partial charge in [0.05, 0.1) is 11.1 Å². The minimum Gasteiger partial charge on any atom is -0.355 e. The molecule has 2 heterocycles. The number of hydrogen-bond acceptors (Lipinski definition) is 4. The molecule has 0 spiro atoms. The molecule has 1 aliphatic heterocycles. The molecule has 1 fully saturated rings. The zero-order valence-electron chi connectivity index (χ0n) is 14.6. The van der Waals surface area contributed by atoms with Crippen molar-refractivity contribution in [3.8, 4) is 0 Å². The van der Waals surface area contributed by atoms with E-state index in [2.05, 4.69) is 31.0 Å². The molecule has 0 saturated carbocycles. The molecular weight excluding hydrogens is 318 g/mol. The van der Waals surface area contributed by atoms with Gasteiger partial charge in [-0.2, -0.15) is 11.8 Å². The van der Waals surface area contributed by atoms with E-state index >= 15 is 0 Å². The molecule has 0 radical (unpaired) electrons. The van der Waals surface area contributed by atoms with Crippen LogP contribution in [0.1, 0.15) is 31.1 Å². The number of nitrogens with one attached hydrogen (secondary N) is 1. The van der Waals surface area contributed by atoms with E-state index in [4.69, 9.17) is 4.98 Å². The van der Waals surface area contributed by atoms with Crippen LogP contribution in [-0.2, 0) is 0 Å². The molecule has 1 saturated heterocycles. The summed E-state index contributed by atoms with van der Waals surface area (Å²) >= 11 is 1.97. The van der Waals surface area contributed by atoms with Crippen LogP contribution in [0, 0.1) is 5.92 Å². The van der Waals surface area contributed by atoms with Gasteiger partial charge in [-0.15, -0.1) is 0 Å². The maximum absolute atomic E-state index is 12.8. The number of amides is 1. The Bertz CT molecular complexity index is 726. The number of pyridine rings is 1. The highest BCUT2D eigenvalue weighted by molar-refractivity contribution is 7.99. The molecule has 128 valence electrons. The van der Waals surface area contributed by atoms with Crippen LogP contribution in [0.25, 0.3) is 10.9 Å². The molecule has 5 heteroatoms. The summed E-state index contributed by atoms with van der Waals surface area (Å²) in [4.78, 5) is 19.9. The number of hydrogen-bond donors (Lipinski definition) is 1. The second-order valence-electron chi connectivity index (χ2n) is 6.65. The van der Waals surface area contributed by atoms with E-state index < -0.39 is 0 Å². The second-order valence-corrected chi connectivity index (χ2v) is 7.88. The lowest BCUT2D eigenvalue weighted by Crippen LogP contribution is -2.37. The molecular formula is C19H25N3OS. The first-order valence-corrected chi connectivity index (χ1v) is 9.75. The maximum atomic E-state index is 12.8. The first-order valence-electron chi connectivity index (χ1n) is 8.59. The van der Waals surface area contributed by atoms with Gasteiger partial charge in [-0.3, -0.25) is 4.79 Å². The number of nitrogens with zero attached hydrogens (tertiary/aromatic N) is 2. The van der Waals surface area contributed by atoms with E-state index in [-0.39, 0.29) is 11.9 Å². The van der Waals surface area contributed by atoms with Crippen molar-refractivity contribution in [1.82, 2.24) is 10.3 Å². The van der Waals surface area contributed by atoms with Gasteiger partial charge in [-0.05, 0) is 25.0 Å². The van der Waals surface area contributed by atoms with E-state index in [1.165, 1.54) is 0 Å². The van der Waals surface area contributed by atoms with Gasteiger partial charge in [-0.25, -0.2) is 4.98 Å². The Hall–Kier alpha value is -1.75.